The van der Waals surface area contributed by atoms with Crippen LogP contribution in [0.2, 0.25) is 0 Å². The number of hydrogen-bond acceptors (Lipinski definition) is 3. The first-order chi connectivity index (χ1) is 8.33. The van der Waals surface area contributed by atoms with Crippen LogP contribution in [0.4, 0.5) is 0 Å². The van der Waals surface area contributed by atoms with Gasteiger partial charge in [-0.25, -0.2) is 0 Å². The smallest absolute Gasteiger partial charge is 0.0991 e. The van der Waals surface area contributed by atoms with E-state index >= 15 is 0 Å². The van der Waals surface area contributed by atoms with Crippen LogP contribution in [0.25, 0.3) is 0 Å². The first kappa shape index (κ1) is 11.6. The lowest BCUT2D eigenvalue weighted by atomic mass is 10.1. The standard InChI is InChI=1S/C14H15N3/c15-8-11-3-1-4-12(7-11)10-17-14-6-2-5-13(14)9-16/h1,3-4,7,13-14,17H,2,5-6,10H2. The van der Waals surface area contributed by atoms with Gasteiger partial charge in [0.05, 0.1) is 23.6 Å². The topological polar surface area (TPSA) is 59.6 Å². The van der Waals surface area contributed by atoms with Crippen molar-refractivity contribution in [2.45, 2.75) is 31.8 Å². The molecule has 0 spiro atoms. The fourth-order valence-corrected chi connectivity index (χ4v) is 2.36. The minimum atomic E-state index is 0.147. The number of nitrogens with one attached hydrogen (secondary N) is 1. The minimum absolute atomic E-state index is 0.147. The summed E-state index contributed by atoms with van der Waals surface area (Å²) in [6.07, 6.45) is 3.22. The number of nitriles is 2. The second-order valence-electron chi connectivity index (χ2n) is 4.47. The fourth-order valence-electron chi connectivity index (χ4n) is 2.36. The highest BCUT2D eigenvalue weighted by Gasteiger charge is 2.26. The Morgan fingerprint density at radius 3 is 2.94 bits per heavy atom. The predicted molar refractivity (Wildman–Crippen MR) is 64.7 cm³/mol. The monoisotopic (exact) mass is 225 g/mol. The average Bonchev–Trinajstić information content (AvgIpc) is 2.84. The third kappa shape index (κ3) is 2.84. The molecule has 2 atom stereocenters. The molecule has 0 saturated heterocycles. The van der Waals surface area contributed by atoms with E-state index in [9.17, 15) is 0 Å². The molecule has 0 aromatic heterocycles. The van der Waals surface area contributed by atoms with Crippen LogP contribution < -0.4 is 5.32 Å². The molecular formula is C14H15N3. The summed E-state index contributed by atoms with van der Waals surface area (Å²) in [4.78, 5) is 0. The largest absolute Gasteiger partial charge is 0.309 e. The van der Waals surface area contributed by atoms with Crippen LogP contribution in [0.15, 0.2) is 24.3 Å². The van der Waals surface area contributed by atoms with Crippen LogP contribution >= 0.6 is 0 Å². The van der Waals surface area contributed by atoms with Gasteiger partial charge in [0.25, 0.3) is 0 Å². The number of nitrogens with zero attached hydrogens (tertiary/aromatic N) is 2. The quantitative estimate of drug-likeness (QED) is 0.858. The second-order valence-corrected chi connectivity index (χ2v) is 4.47. The molecule has 1 aromatic carbocycles. The molecule has 86 valence electrons. The van der Waals surface area contributed by atoms with Crippen molar-refractivity contribution in [3.05, 3.63) is 35.4 Å². The molecule has 3 nitrogen and oxygen atoms in total. The summed E-state index contributed by atoms with van der Waals surface area (Å²) in [6, 6.07) is 12.4. The van der Waals surface area contributed by atoms with E-state index in [2.05, 4.69) is 17.5 Å². The summed E-state index contributed by atoms with van der Waals surface area (Å²) in [5.41, 5.74) is 1.79. The zero-order valence-electron chi connectivity index (χ0n) is 9.69. The van der Waals surface area contributed by atoms with E-state index in [-0.39, 0.29) is 5.92 Å². The van der Waals surface area contributed by atoms with Crippen LogP contribution in [0.1, 0.15) is 30.4 Å². The van der Waals surface area contributed by atoms with Crippen molar-refractivity contribution >= 4 is 0 Å². The normalized spacial score (nSPS) is 22.9. The molecule has 2 rings (SSSR count). The Labute approximate surface area is 102 Å². The maximum absolute atomic E-state index is 8.98. The summed E-state index contributed by atoms with van der Waals surface area (Å²) in [7, 11) is 0. The highest BCUT2D eigenvalue weighted by Crippen LogP contribution is 2.25. The van der Waals surface area contributed by atoms with Crippen LogP contribution in [0, 0.1) is 28.6 Å². The van der Waals surface area contributed by atoms with Gasteiger partial charge in [-0.15, -0.1) is 0 Å². The van der Waals surface area contributed by atoms with E-state index in [0.29, 0.717) is 11.6 Å². The van der Waals surface area contributed by atoms with Crippen molar-refractivity contribution in [1.29, 1.82) is 10.5 Å². The summed E-state index contributed by atoms with van der Waals surface area (Å²) in [5, 5.41) is 21.2. The molecule has 17 heavy (non-hydrogen) atoms. The Morgan fingerprint density at radius 1 is 1.29 bits per heavy atom. The van der Waals surface area contributed by atoms with Gasteiger partial charge in [0.1, 0.15) is 0 Å². The molecule has 0 amide bonds. The zero-order chi connectivity index (χ0) is 12.1. The Balaban J connectivity index is 1.94. The van der Waals surface area contributed by atoms with Gasteiger partial charge >= 0.3 is 0 Å². The highest BCUT2D eigenvalue weighted by molar-refractivity contribution is 5.32. The van der Waals surface area contributed by atoms with Crippen molar-refractivity contribution in [1.82, 2.24) is 5.32 Å². The van der Waals surface area contributed by atoms with Gasteiger partial charge in [0.2, 0.25) is 0 Å². The number of benzene rings is 1. The SMILES string of the molecule is N#Cc1cccc(CNC2CCCC2C#N)c1. The maximum Gasteiger partial charge on any atom is 0.0991 e. The van der Waals surface area contributed by atoms with Gasteiger partial charge in [-0.05, 0) is 30.5 Å². The molecule has 2 unspecified atom stereocenters. The lowest BCUT2D eigenvalue weighted by molar-refractivity contribution is 0.464. The fraction of sp³-hybridized carbons (Fsp3) is 0.429. The van der Waals surface area contributed by atoms with E-state index in [1.54, 1.807) is 6.07 Å². The van der Waals surface area contributed by atoms with Crippen molar-refractivity contribution in [3.8, 4) is 12.1 Å². The molecule has 3 heteroatoms. The van der Waals surface area contributed by atoms with Crippen molar-refractivity contribution in [3.63, 3.8) is 0 Å². The minimum Gasteiger partial charge on any atom is -0.309 e. The molecule has 1 aliphatic rings. The third-order valence-corrected chi connectivity index (χ3v) is 3.31. The summed E-state index contributed by atoms with van der Waals surface area (Å²) in [5.74, 6) is 0.147. The molecule has 1 fully saturated rings. The van der Waals surface area contributed by atoms with E-state index in [0.717, 1.165) is 31.4 Å². The van der Waals surface area contributed by atoms with E-state index in [4.69, 9.17) is 10.5 Å². The zero-order valence-corrected chi connectivity index (χ0v) is 9.69. The summed E-state index contributed by atoms with van der Waals surface area (Å²) in [6.45, 7) is 0.734. The molecule has 1 N–H and O–H groups in total. The lowest BCUT2D eigenvalue weighted by Crippen LogP contribution is -2.31. The Kier molecular flexibility index (Phi) is 3.75. The van der Waals surface area contributed by atoms with E-state index in [1.807, 2.05) is 18.2 Å². The molecule has 0 radical (unpaired) electrons. The molecule has 1 saturated carbocycles. The van der Waals surface area contributed by atoms with Crippen LogP contribution in [0.5, 0.6) is 0 Å². The molecular weight excluding hydrogens is 210 g/mol. The average molecular weight is 225 g/mol. The highest BCUT2D eigenvalue weighted by atomic mass is 14.9. The van der Waals surface area contributed by atoms with Gasteiger partial charge in [0.15, 0.2) is 0 Å². The lowest BCUT2D eigenvalue weighted by Gasteiger charge is -2.15. The van der Waals surface area contributed by atoms with Gasteiger partial charge < -0.3 is 5.32 Å². The van der Waals surface area contributed by atoms with Gasteiger partial charge in [0, 0.05) is 12.6 Å². The Bertz CT molecular complexity index is 467. The van der Waals surface area contributed by atoms with Crippen molar-refractivity contribution in [2.24, 2.45) is 5.92 Å². The summed E-state index contributed by atoms with van der Waals surface area (Å²) < 4.78 is 0. The van der Waals surface area contributed by atoms with Crippen LogP contribution in [-0.4, -0.2) is 6.04 Å². The Morgan fingerprint density at radius 2 is 2.18 bits per heavy atom. The van der Waals surface area contributed by atoms with E-state index in [1.165, 1.54) is 0 Å². The number of hydrogen-bond donors (Lipinski definition) is 1. The predicted octanol–water partition coefficient (Wildman–Crippen LogP) is 2.34. The van der Waals surface area contributed by atoms with Crippen molar-refractivity contribution < 1.29 is 0 Å². The molecule has 1 aromatic rings. The van der Waals surface area contributed by atoms with Gasteiger partial charge in [-0.3, -0.25) is 0 Å². The second kappa shape index (κ2) is 5.48. The number of rotatable bonds is 3. The third-order valence-electron chi connectivity index (χ3n) is 3.31. The van der Waals surface area contributed by atoms with Gasteiger partial charge in [-0.1, -0.05) is 18.6 Å². The molecule has 0 heterocycles. The first-order valence-electron chi connectivity index (χ1n) is 5.95. The van der Waals surface area contributed by atoms with Crippen LogP contribution in [0.3, 0.4) is 0 Å². The van der Waals surface area contributed by atoms with Gasteiger partial charge in [-0.2, -0.15) is 10.5 Å². The van der Waals surface area contributed by atoms with Crippen molar-refractivity contribution in [2.75, 3.05) is 0 Å². The van der Waals surface area contributed by atoms with Crippen LogP contribution in [-0.2, 0) is 6.54 Å². The maximum atomic E-state index is 8.98. The first-order valence-corrected chi connectivity index (χ1v) is 5.95. The molecule has 0 aliphatic heterocycles. The van der Waals surface area contributed by atoms with E-state index < -0.39 is 0 Å². The molecule has 1 aliphatic carbocycles. The summed E-state index contributed by atoms with van der Waals surface area (Å²) >= 11 is 0. The Hall–Kier alpha value is -1.84. The molecule has 0 bridgehead atoms.